The van der Waals surface area contributed by atoms with Crippen LogP contribution in [0.2, 0.25) is 0 Å². The molecule has 0 aliphatic rings. The molecule has 0 heterocycles. The number of amides is 2. The smallest absolute Gasteiger partial charge is 0.315 e. The number of carboxylic acids is 1. The zero-order valence-corrected chi connectivity index (χ0v) is 14.5. The lowest BCUT2D eigenvalue weighted by Crippen LogP contribution is -2.44. The van der Waals surface area contributed by atoms with Crippen molar-refractivity contribution in [2.45, 2.75) is 31.7 Å². The number of nitrogens with one attached hydrogen (secondary N) is 2. The molecule has 0 aromatic heterocycles. The van der Waals surface area contributed by atoms with Crippen LogP contribution in [0.3, 0.4) is 0 Å². The predicted molar refractivity (Wildman–Crippen MR) is 97.4 cm³/mol. The molecule has 138 valence electrons. The molecule has 2 aromatic carbocycles. The molecule has 0 aliphatic heterocycles. The quantitative estimate of drug-likeness (QED) is 0.644. The number of rotatable bonds is 9. The first-order chi connectivity index (χ1) is 12.5. The van der Waals surface area contributed by atoms with Crippen molar-refractivity contribution < 1.29 is 19.1 Å². The summed E-state index contributed by atoms with van der Waals surface area (Å²) in [6.07, 6.45) is 1.51. The number of urea groups is 1. The Labute approximate surface area is 152 Å². The average Bonchev–Trinajstić information content (AvgIpc) is 2.62. The topological polar surface area (TPSA) is 78.4 Å². The largest absolute Gasteiger partial charge is 0.481 e. The first kappa shape index (κ1) is 19.4. The number of carbonyl (C=O) groups excluding carboxylic acids is 1. The lowest BCUT2D eigenvalue weighted by Gasteiger charge is -2.18. The second kappa shape index (κ2) is 10.2. The molecule has 0 spiro atoms. The maximum absolute atomic E-state index is 12.9. The third kappa shape index (κ3) is 7.34. The second-order valence-corrected chi connectivity index (χ2v) is 6.10. The van der Waals surface area contributed by atoms with E-state index in [0.717, 1.165) is 11.1 Å². The Morgan fingerprint density at radius 2 is 1.69 bits per heavy atom. The van der Waals surface area contributed by atoms with Gasteiger partial charge >= 0.3 is 12.0 Å². The van der Waals surface area contributed by atoms with Gasteiger partial charge in [-0.3, -0.25) is 4.79 Å². The molecule has 2 amide bonds. The van der Waals surface area contributed by atoms with Gasteiger partial charge in [-0.2, -0.15) is 0 Å². The summed E-state index contributed by atoms with van der Waals surface area (Å²) in [6, 6.07) is 15.2. The minimum Gasteiger partial charge on any atom is -0.481 e. The van der Waals surface area contributed by atoms with E-state index in [1.165, 1.54) is 12.1 Å². The van der Waals surface area contributed by atoms with Gasteiger partial charge in [-0.1, -0.05) is 42.5 Å². The molecule has 0 fully saturated rings. The van der Waals surface area contributed by atoms with E-state index in [1.807, 2.05) is 30.3 Å². The van der Waals surface area contributed by atoms with Crippen molar-refractivity contribution in [3.8, 4) is 0 Å². The summed E-state index contributed by atoms with van der Waals surface area (Å²) in [5, 5.41) is 14.5. The van der Waals surface area contributed by atoms with Gasteiger partial charge in [-0.05, 0) is 42.5 Å². The fourth-order valence-electron chi connectivity index (χ4n) is 2.63. The van der Waals surface area contributed by atoms with Crippen molar-refractivity contribution in [2.24, 2.45) is 0 Å². The number of hydrogen-bond acceptors (Lipinski definition) is 2. The first-order valence-corrected chi connectivity index (χ1v) is 8.57. The number of aliphatic carboxylic acids is 1. The van der Waals surface area contributed by atoms with E-state index in [9.17, 15) is 14.0 Å². The molecule has 6 heteroatoms. The molecule has 0 saturated heterocycles. The Morgan fingerprint density at radius 1 is 1.00 bits per heavy atom. The van der Waals surface area contributed by atoms with E-state index >= 15 is 0 Å². The fourth-order valence-corrected chi connectivity index (χ4v) is 2.63. The Kier molecular flexibility index (Phi) is 7.61. The molecule has 0 aliphatic carbocycles. The van der Waals surface area contributed by atoms with Crippen LogP contribution in [0.25, 0.3) is 0 Å². The summed E-state index contributed by atoms with van der Waals surface area (Å²) in [4.78, 5) is 22.9. The third-order valence-electron chi connectivity index (χ3n) is 3.98. The van der Waals surface area contributed by atoms with Crippen LogP contribution in [0.4, 0.5) is 9.18 Å². The maximum Gasteiger partial charge on any atom is 0.315 e. The number of carboxylic acid groups (broad SMARTS) is 1. The van der Waals surface area contributed by atoms with Gasteiger partial charge in [-0.15, -0.1) is 0 Å². The molecule has 1 unspecified atom stereocenters. The Bertz CT molecular complexity index is 705. The van der Waals surface area contributed by atoms with Crippen LogP contribution < -0.4 is 10.6 Å². The van der Waals surface area contributed by atoms with Crippen LogP contribution >= 0.6 is 0 Å². The summed E-state index contributed by atoms with van der Waals surface area (Å²) in [5.41, 5.74) is 1.97. The Morgan fingerprint density at radius 3 is 2.35 bits per heavy atom. The number of halogens is 1. The standard InChI is InChI=1S/C20H23FN2O3/c21-17-8-6-15(7-9-17)12-13-22-20(26)23-18(10-11-19(24)25)14-16-4-2-1-3-5-16/h1-9,18H,10-14H2,(H,24,25)(H2,22,23,26). The lowest BCUT2D eigenvalue weighted by molar-refractivity contribution is -0.137. The highest BCUT2D eigenvalue weighted by atomic mass is 19.1. The molecule has 2 aromatic rings. The summed E-state index contributed by atoms with van der Waals surface area (Å²) in [7, 11) is 0. The number of hydrogen-bond donors (Lipinski definition) is 3. The van der Waals surface area contributed by atoms with Gasteiger partial charge in [0.15, 0.2) is 0 Å². The van der Waals surface area contributed by atoms with Crippen LogP contribution in [-0.4, -0.2) is 29.7 Å². The van der Waals surface area contributed by atoms with Crippen LogP contribution in [0, 0.1) is 5.82 Å². The van der Waals surface area contributed by atoms with Crippen molar-refractivity contribution in [3.63, 3.8) is 0 Å². The molecule has 0 bridgehead atoms. The monoisotopic (exact) mass is 358 g/mol. The zero-order chi connectivity index (χ0) is 18.8. The summed E-state index contributed by atoms with van der Waals surface area (Å²) in [6.45, 7) is 0.411. The first-order valence-electron chi connectivity index (χ1n) is 8.57. The van der Waals surface area contributed by atoms with Gasteiger partial charge in [0, 0.05) is 19.0 Å². The molecule has 0 radical (unpaired) electrons. The minimum atomic E-state index is -0.887. The van der Waals surface area contributed by atoms with E-state index < -0.39 is 5.97 Å². The molecule has 2 rings (SSSR count). The van der Waals surface area contributed by atoms with Crippen molar-refractivity contribution in [1.29, 1.82) is 0 Å². The molecule has 1 atom stereocenters. The van der Waals surface area contributed by atoms with Gasteiger partial charge in [-0.25, -0.2) is 9.18 Å². The number of carbonyl (C=O) groups is 2. The Hall–Kier alpha value is -2.89. The highest BCUT2D eigenvalue weighted by Crippen LogP contribution is 2.08. The van der Waals surface area contributed by atoms with Crippen molar-refractivity contribution in [3.05, 3.63) is 71.5 Å². The third-order valence-corrected chi connectivity index (χ3v) is 3.98. The van der Waals surface area contributed by atoms with Gasteiger partial charge < -0.3 is 15.7 Å². The second-order valence-electron chi connectivity index (χ2n) is 6.10. The molecule has 5 nitrogen and oxygen atoms in total. The van der Waals surface area contributed by atoms with Crippen molar-refractivity contribution >= 4 is 12.0 Å². The van der Waals surface area contributed by atoms with Gasteiger partial charge in [0.05, 0.1) is 0 Å². The van der Waals surface area contributed by atoms with Crippen LogP contribution in [0.15, 0.2) is 54.6 Å². The van der Waals surface area contributed by atoms with Gasteiger partial charge in [0.25, 0.3) is 0 Å². The van der Waals surface area contributed by atoms with Gasteiger partial charge in [0.2, 0.25) is 0 Å². The normalized spacial score (nSPS) is 11.6. The van der Waals surface area contributed by atoms with Gasteiger partial charge in [0.1, 0.15) is 5.82 Å². The van der Waals surface area contributed by atoms with Crippen molar-refractivity contribution in [1.82, 2.24) is 10.6 Å². The minimum absolute atomic E-state index is 0.00659. The predicted octanol–water partition coefficient (Wildman–Crippen LogP) is 3.14. The maximum atomic E-state index is 12.9. The molecular weight excluding hydrogens is 335 g/mol. The fraction of sp³-hybridized carbons (Fsp3) is 0.300. The summed E-state index contributed by atoms with van der Waals surface area (Å²) < 4.78 is 12.9. The van der Waals surface area contributed by atoms with E-state index in [0.29, 0.717) is 25.8 Å². The van der Waals surface area contributed by atoms with E-state index in [1.54, 1.807) is 12.1 Å². The lowest BCUT2D eigenvalue weighted by atomic mass is 10.0. The summed E-state index contributed by atoms with van der Waals surface area (Å²) >= 11 is 0. The summed E-state index contributed by atoms with van der Waals surface area (Å²) in [5.74, 6) is -1.18. The Balaban J connectivity index is 1.82. The molecule has 26 heavy (non-hydrogen) atoms. The SMILES string of the molecule is O=C(O)CCC(Cc1ccccc1)NC(=O)NCCc1ccc(F)cc1. The van der Waals surface area contributed by atoms with Crippen LogP contribution in [-0.2, 0) is 17.6 Å². The van der Waals surface area contributed by atoms with Crippen molar-refractivity contribution in [2.75, 3.05) is 6.54 Å². The zero-order valence-electron chi connectivity index (χ0n) is 14.5. The highest BCUT2D eigenvalue weighted by Gasteiger charge is 2.14. The molecular formula is C20H23FN2O3. The highest BCUT2D eigenvalue weighted by molar-refractivity contribution is 5.74. The van der Waals surface area contributed by atoms with Crippen LogP contribution in [0.5, 0.6) is 0 Å². The van der Waals surface area contributed by atoms with Crippen LogP contribution in [0.1, 0.15) is 24.0 Å². The molecule has 3 N–H and O–H groups in total. The molecule has 0 saturated carbocycles. The van der Waals surface area contributed by atoms with E-state index in [-0.39, 0.29) is 24.3 Å². The average molecular weight is 358 g/mol. The van der Waals surface area contributed by atoms with E-state index in [2.05, 4.69) is 10.6 Å². The number of benzene rings is 2. The van der Waals surface area contributed by atoms with E-state index in [4.69, 9.17) is 5.11 Å².